The van der Waals surface area contributed by atoms with Crippen molar-refractivity contribution in [1.29, 1.82) is 0 Å². The molecular weight excluding hydrogens is 973 g/mol. The van der Waals surface area contributed by atoms with Crippen LogP contribution >= 0.6 is 0 Å². The molecule has 80 heavy (non-hydrogen) atoms. The van der Waals surface area contributed by atoms with Crippen LogP contribution in [0, 0.1) is 27.7 Å². The highest BCUT2D eigenvalue weighted by molar-refractivity contribution is 6.33. The van der Waals surface area contributed by atoms with Crippen LogP contribution in [-0.2, 0) is 0 Å². The van der Waals surface area contributed by atoms with Crippen molar-refractivity contribution in [3.05, 3.63) is 265 Å². The van der Waals surface area contributed by atoms with E-state index in [1.54, 1.807) is 12.1 Å². The Hall–Kier alpha value is -10.2. The van der Waals surface area contributed by atoms with E-state index in [1.165, 1.54) is 0 Å². The molecule has 0 spiro atoms. The van der Waals surface area contributed by atoms with Crippen molar-refractivity contribution in [3.63, 3.8) is 0 Å². The van der Waals surface area contributed by atoms with Gasteiger partial charge in [0.15, 0.2) is 11.2 Å². The van der Waals surface area contributed by atoms with Crippen LogP contribution in [0.1, 0.15) is 38.7 Å². The van der Waals surface area contributed by atoms with E-state index in [-0.39, 0.29) is 23.2 Å². The Balaban J connectivity index is 1.16. The largest absolute Gasteiger partial charge is 0.454 e. The lowest BCUT2D eigenvalue weighted by Crippen LogP contribution is -2.14. The summed E-state index contributed by atoms with van der Waals surface area (Å²) in [6, 6.07) is 50.6. The normalized spacial score (nSPS) is 14.1. The number of hydrogen-bond donors (Lipinski definition) is 0. The number of fused-ring (bicyclic) bond motifs is 8. The van der Waals surface area contributed by atoms with Gasteiger partial charge in [0.25, 0.3) is 0 Å². The molecule has 0 saturated heterocycles. The molecule has 0 radical (unpaired) electrons. The van der Waals surface area contributed by atoms with Gasteiger partial charge in [-0.25, -0.2) is 0 Å². The summed E-state index contributed by atoms with van der Waals surface area (Å²) in [5, 5.41) is 10.0. The van der Waals surface area contributed by atoms with Crippen LogP contribution < -0.4 is 9.80 Å². The molecule has 2 heterocycles. The molecule has 16 aromatic rings. The van der Waals surface area contributed by atoms with Gasteiger partial charge in [-0.3, -0.25) is 0 Å². The minimum Gasteiger partial charge on any atom is -0.454 e. The van der Waals surface area contributed by atoms with E-state index in [2.05, 4.69) is 70.5 Å². The third-order valence-corrected chi connectivity index (χ3v) is 16.1. The second-order valence-corrected chi connectivity index (χ2v) is 20.9. The zero-order valence-corrected chi connectivity index (χ0v) is 43.9. The standard InChI is InChI=1S/C76H52N2O2/c1-45-29-33-51-35-31-47(3)73(63(51)41-45)77(65-25-15-23-57-53-21-11-13-27-69(53)79-75(57)65)67-43-61(49-17-7-5-8-18-49)55-38-40-60-68(44-62(50-19-9-6-10-20-50)56-37-39-59(67)71(55)72(56)60)78(74-48(4)32-36-52-34-30-46(2)42-64(52)74)66-26-16-24-58-54-22-12-14-28-70(54)80-76(58)66/h5-44H,1-4H3/i5D,6D,7D,8D,9D,10D,17D,18D,19D,20D,27D,28D. The first-order valence-electron chi connectivity index (χ1n) is 32.7. The summed E-state index contributed by atoms with van der Waals surface area (Å²) in [4.78, 5) is 4.26. The molecule has 2 aromatic heterocycles. The van der Waals surface area contributed by atoms with Gasteiger partial charge in [0.1, 0.15) is 11.2 Å². The van der Waals surface area contributed by atoms with E-state index in [1.807, 2.05) is 125 Å². The van der Waals surface area contributed by atoms with E-state index >= 15 is 0 Å². The molecule has 378 valence electrons. The van der Waals surface area contributed by atoms with Gasteiger partial charge >= 0.3 is 0 Å². The molecule has 4 heteroatoms. The average Bonchev–Trinajstić information content (AvgIpc) is 0.710. The van der Waals surface area contributed by atoms with Gasteiger partial charge in [-0.15, -0.1) is 0 Å². The summed E-state index contributed by atoms with van der Waals surface area (Å²) in [5.41, 5.74) is 9.67. The fourth-order valence-electron chi connectivity index (χ4n) is 12.6. The second-order valence-electron chi connectivity index (χ2n) is 20.9. The molecule has 14 aromatic carbocycles. The first kappa shape index (κ1) is 35.3. The SMILES string of the molecule is [2H]c1c([2H])c([2H])c(-c2cc(N(c3c(C)ccc4ccc(C)cc34)c3cccc4c3oc3c([2H])cccc34)c3ccc4c(-c5c([2H])c([2H])c([2H])c([2H])c5[2H])cc(N(c5c(C)ccc6ccc(C)cc56)c5cccc6c5oc5c([2H])cccc56)c5ccc2c3c45)c([2H])c1[2H]. The Morgan fingerprint density at radius 2 is 0.738 bits per heavy atom. The first-order valence-corrected chi connectivity index (χ1v) is 26.7. The van der Waals surface area contributed by atoms with Crippen LogP contribution in [0.5, 0.6) is 0 Å². The molecular formula is C76H52N2O2. The monoisotopic (exact) mass is 1040 g/mol. The summed E-state index contributed by atoms with van der Waals surface area (Å²) in [5.74, 6) is 0. The molecule has 4 nitrogen and oxygen atoms in total. The lowest BCUT2D eigenvalue weighted by molar-refractivity contribution is 0.669. The Labute approximate surface area is 479 Å². The Morgan fingerprint density at radius 3 is 1.19 bits per heavy atom. The minimum absolute atomic E-state index is 0.0545. The molecule has 0 saturated carbocycles. The van der Waals surface area contributed by atoms with Gasteiger partial charge in [-0.05, 0) is 131 Å². The van der Waals surface area contributed by atoms with E-state index in [4.69, 9.17) is 14.3 Å². The van der Waals surface area contributed by atoms with E-state index in [9.17, 15) is 11.0 Å². The topological polar surface area (TPSA) is 32.8 Å². The third-order valence-electron chi connectivity index (χ3n) is 16.1. The minimum atomic E-state index is -0.555. The van der Waals surface area contributed by atoms with Crippen LogP contribution in [0.25, 0.3) is 120 Å². The smallest absolute Gasteiger partial charge is 0.159 e. The third kappa shape index (κ3) is 6.88. The van der Waals surface area contributed by atoms with E-state index < -0.39 is 60.4 Å². The van der Waals surface area contributed by atoms with Gasteiger partial charge < -0.3 is 18.6 Å². The first-order chi connectivity index (χ1) is 44.3. The van der Waals surface area contributed by atoms with Crippen LogP contribution in [0.15, 0.2) is 251 Å². The molecule has 0 bridgehead atoms. The lowest BCUT2D eigenvalue weighted by atomic mass is 9.85. The van der Waals surface area contributed by atoms with Crippen molar-refractivity contribution in [1.82, 2.24) is 0 Å². The highest BCUT2D eigenvalue weighted by Gasteiger charge is 2.30. The summed E-state index contributed by atoms with van der Waals surface area (Å²) >= 11 is 0. The summed E-state index contributed by atoms with van der Waals surface area (Å²) < 4.78 is 126. The number of anilines is 6. The molecule has 0 aliphatic heterocycles. The van der Waals surface area contributed by atoms with Crippen molar-refractivity contribution in [2.45, 2.75) is 27.7 Å². The molecule has 0 N–H and O–H groups in total. The lowest BCUT2D eigenvalue weighted by Gasteiger charge is -2.33. The predicted octanol–water partition coefficient (Wildman–Crippen LogP) is 22.2. The number of benzene rings is 14. The molecule has 0 atom stereocenters. The Bertz CT molecular complexity index is 5520. The molecule has 0 aliphatic carbocycles. The molecule has 0 amide bonds. The number of rotatable bonds is 8. The van der Waals surface area contributed by atoms with Gasteiger partial charge in [0.2, 0.25) is 0 Å². The quantitative estimate of drug-likeness (QED) is 0.142. The average molecular weight is 1040 g/mol. The predicted molar refractivity (Wildman–Crippen MR) is 339 cm³/mol. The Kier molecular flexibility index (Phi) is 7.80. The molecule has 0 aliphatic rings. The van der Waals surface area contributed by atoms with Gasteiger partial charge in [0.05, 0.1) is 50.6 Å². The maximum atomic E-state index is 9.78. The second kappa shape index (κ2) is 17.7. The van der Waals surface area contributed by atoms with Gasteiger partial charge in [-0.2, -0.15) is 0 Å². The molecule has 0 unspecified atom stereocenters. The number of hydrogen-bond acceptors (Lipinski definition) is 4. The maximum Gasteiger partial charge on any atom is 0.159 e. The highest BCUT2D eigenvalue weighted by atomic mass is 16.3. The van der Waals surface area contributed by atoms with Crippen molar-refractivity contribution in [2.75, 3.05) is 9.80 Å². The fraction of sp³-hybridized carbons (Fsp3) is 0.0526. The summed E-state index contributed by atoms with van der Waals surface area (Å²) in [7, 11) is 0. The number of para-hydroxylation sites is 4. The van der Waals surface area contributed by atoms with Crippen molar-refractivity contribution >= 4 is 132 Å². The van der Waals surface area contributed by atoms with Gasteiger partial charge in [-0.1, -0.05) is 205 Å². The van der Waals surface area contributed by atoms with Crippen LogP contribution in [-0.4, -0.2) is 0 Å². The van der Waals surface area contributed by atoms with Crippen LogP contribution in [0.4, 0.5) is 34.1 Å². The van der Waals surface area contributed by atoms with E-state index in [0.29, 0.717) is 88.5 Å². The number of nitrogens with zero attached hydrogens (tertiary/aromatic N) is 2. The molecule has 0 fully saturated rings. The van der Waals surface area contributed by atoms with E-state index in [0.717, 1.165) is 76.7 Å². The zero-order valence-electron chi connectivity index (χ0n) is 55.9. The molecule has 16 rings (SSSR count). The zero-order chi connectivity index (χ0) is 63.8. The summed E-state index contributed by atoms with van der Waals surface area (Å²) in [6.07, 6.45) is 0. The van der Waals surface area contributed by atoms with Crippen LogP contribution in [0.2, 0.25) is 0 Å². The van der Waals surface area contributed by atoms with Crippen LogP contribution in [0.3, 0.4) is 0 Å². The Morgan fingerprint density at radius 1 is 0.325 bits per heavy atom. The number of aryl methyl sites for hydroxylation is 4. The summed E-state index contributed by atoms with van der Waals surface area (Å²) in [6.45, 7) is 8.15. The van der Waals surface area contributed by atoms with Gasteiger partial charge in [0, 0.05) is 53.9 Å². The maximum absolute atomic E-state index is 9.78. The number of furan rings is 2. The van der Waals surface area contributed by atoms with Crippen molar-refractivity contribution < 1.29 is 25.3 Å². The fourth-order valence-corrected chi connectivity index (χ4v) is 12.6. The van der Waals surface area contributed by atoms with Crippen molar-refractivity contribution in [3.8, 4) is 22.3 Å². The van der Waals surface area contributed by atoms with Crippen molar-refractivity contribution in [2.24, 2.45) is 0 Å². The highest BCUT2D eigenvalue weighted by Crippen LogP contribution is 2.56.